The molecular weight excluding hydrogens is 454 g/mol. The van der Waals surface area contributed by atoms with Crippen molar-refractivity contribution in [1.82, 2.24) is 20.5 Å². The van der Waals surface area contributed by atoms with Crippen LogP contribution in [0.4, 0.5) is 30.8 Å². The van der Waals surface area contributed by atoms with Gasteiger partial charge in [0, 0.05) is 37.6 Å². The van der Waals surface area contributed by atoms with Crippen molar-refractivity contribution in [2.24, 2.45) is 5.10 Å². The molecule has 0 saturated carbocycles. The van der Waals surface area contributed by atoms with E-state index in [2.05, 4.69) is 20.9 Å². The number of carbonyl (C=O) groups excluding carboxylic acids is 1. The molecule has 0 spiro atoms. The van der Waals surface area contributed by atoms with Gasteiger partial charge < -0.3 is 16.0 Å². The number of urea groups is 1. The number of nitrogen functional groups attached to an aromatic ring is 1. The minimum atomic E-state index is -1.01. The maximum Gasteiger partial charge on any atom is 0.321 e. The van der Waals surface area contributed by atoms with Crippen molar-refractivity contribution in [3.05, 3.63) is 71.9 Å². The molecule has 11 heteroatoms. The number of hydrazone groups is 1. The molecule has 3 heterocycles. The van der Waals surface area contributed by atoms with Gasteiger partial charge in [-0.15, -0.1) is 10.2 Å². The fraction of sp³-hybridized carbons (Fsp3) is 0.208. The Bertz CT molecular complexity index is 1290. The minimum absolute atomic E-state index is 0.0286. The van der Waals surface area contributed by atoms with Crippen LogP contribution in [-0.2, 0) is 0 Å². The summed E-state index contributed by atoms with van der Waals surface area (Å²) >= 11 is 0. The summed E-state index contributed by atoms with van der Waals surface area (Å²) in [6, 6.07) is 12.9. The second-order valence-electron chi connectivity index (χ2n) is 8.30. The molecule has 1 fully saturated rings. The van der Waals surface area contributed by atoms with Gasteiger partial charge in [-0.05, 0) is 48.7 Å². The standard InChI is InChI=1S/C24H24F2N8O/c1-32-31-30-23(34(32)20-6-4-5-19(25)21(20)26)18-13-16(14-28-22(18)27)15-7-9-17(10-8-15)29-24(35)33-11-2-3-12-33/h4-10,13-14,31H,2-3,11-12H2,1H3,(H2,27,28)(H,29,35). The first-order chi connectivity index (χ1) is 16.9. The van der Waals surface area contributed by atoms with Crippen LogP contribution in [0.25, 0.3) is 11.1 Å². The number of nitrogens with one attached hydrogen (secondary N) is 2. The van der Waals surface area contributed by atoms with Crippen LogP contribution < -0.4 is 21.6 Å². The number of nitrogens with two attached hydrogens (primary N) is 1. The Balaban J connectivity index is 1.42. The number of nitrogens with zero attached hydrogens (tertiary/aromatic N) is 5. The largest absolute Gasteiger partial charge is 0.383 e. The number of hydrogen-bond donors (Lipinski definition) is 3. The molecule has 3 aromatic rings. The van der Waals surface area contributed by atoms with E-state index in [1.165, 1.54) is 22.3 Å². The number of amides is 2. The Kier molecular flexibility index (Phi) is 5.91. The maximum absolute atomic E-state index is 14.6. The number of carbonyl (C=O) groups is 1. The monoisotopic (exact) mass is 478 g/mol. The van der Waals surface area contributed by atoms with Crippen LogP contribution >= 0.6 is 0 Å². The smallest absolute Gasteiger partial charge is 0.321 e. The molecular formula is C24H24F2N8O. The summed E-state index contributed by atoms with van der Waals surface area (Å²) in [7, 11) is 1.61. The number of amidine groups is 1. The number of anilines is 3. The summed E-state index contributed by atoms with van der Waals surface area (Å²) in [6.45, 7) is 1.54. The summed E-state index contributed by atoms with van der Waals surface area (Å²) in [5, 5.41) is 9.96. The molecule has 5 rings (SSSR count). The number of benzene rings is 2. The van der Waals surface area contributed by atoms with Crippen molar-refractivity contribution in [3.8, 4) is 11.1 Å². The van der Waals surface area contributed by atoms with Crippen molar-refractivity contribution < 1.29 is 13.6 Å². The fourth-order valence-electron chi connectivity index (χ4n) is 4.14. The van der Waals surface area contributed by atoms with Crippen LogP contribution in [-0.4, -0.2) is 47.0 Å². The molecule has 0 radical (unpaired) electrons. The van der Waals surface area contributed by atoms with Crippen molar-refractivity contribution in [2.75, 3.05) is 36.2 Å². The van der Waals surface area contributed by atoms with Gasteiger partial charge in [0.2, 0.25) is 0 Å². The van der Waals surface area contributed by atoms with Crippen LogP contribution in [0.1, 0.15) is 18.4 Å². The highest BCUT2D eigenvalue weighted by Gasteiger charge is 2.30. The molecule has 2 amide bonds. The third-order valence-corrected chi connectivity index (χ3v) is 5.98. The Morgan fingerprint density at radius 3 is 2.57 bits per heavy atom. The molecule has 0 bridgehead atoms. The highest BCUT2D eigenvalue weighted by molar-refractivity contribution is 6.13. The van der Waals surface area contributed by atoms with Gasteiger partial charge in [0.15, 0.2) is 17.5 Å². The number of aromatic nitrogens is 1. The number of halogens is 2. The molecule has 180 valence electrons. The van der Waals surface area contributed by atoms with Gasteiger partial charge in [0.05, 0.1) is 5.56 Å². The zero-order chi connectivity index (χ0) is 24.5. The molecule has 0 aliphatic carbocycles. The lowest BCUT2D eigenvalue weighted by molar-refractivity contribution is 0.222. The third-order valence-electron chi connectivity index (χ3n) is 5.98. The molecule has 2 aliphatic rings. The highest BCUT2D eigenvalue weighted by atomic mass is 19.2. The lowest BCUT2D eigenvalue weighted by Crippen LogP contribution is -2.44. The number of hydrogen-bond acceptors (Lipinski definition) is 7. The first-order valence-electron chi connectivity index (χ1n) is 11.2. The van der Waals surface area contributed by atoms with Crippen molar-refractivity contribution in [1.29, 1.82) is 0 Å². The quantitative estimate of drug-likeness (QED) is 0.528. The molecule has 4 N–H and O–H groups in total. The van der Waals surface area contributed by atoms with Gasteiger partial charge in [-0.1, -0.05) is 18.2 Å². The molecule has 9 nitrogen and oxygen atoms in total. The Labute approximate surface area is 200 Å². The number of rotatable bonds is 4. The second kappa shape index (κ2) is 9.18. The molecule has 1 saturated heterocycles. The fourth-order valence-corrected chi connectivity index (χ4v) is 4.14. The predicted octanol–water partition coefficient (Wildman–Crippen LogP) is 3.77. The van der Waals surface area contributed by atoms with Crippen LogP contribution in [0, 0.1) is 11.6 Å². The van der Waals surface area contributed by atoms with E-state index in [9.17, 15) is 13.6 Å². The van der Waals surface area contributed by atoms with Crippen LogP contribution in [0.3, 0.4) is 0 Å². The van der Waals surface area contributed by atoms with E-state index in [1.807, 2.05) is 24.3 Å². The number of likely N-dealkylation sites (tertiary alicyclic amines) is 1. The lowest BCUT2D eigenvalue weighted by atomic mass is 10.0. The Morgan fingerprint density at radius 2 is 1.83 bits per heavy atom. The SMILES string of the molecule is CN1NN=C(c2cc(-c3ccc(NC(=O)N4CCCC4)cc3)cnc2N)N1c1cccc(F)c1F. The van der Waals surface area contributed by atoms with Crippen molar-refractivity contribution in [3.63, 3.8) is 0 Å². The molecule has 0 atom stereocenters. The van der Waals surface area contributed by atoms with E-state index < -0.39 is 11.6 Å². The summed E-state index contributed by atoms with van der Waals surface area (Å²) in [5.74, 6) is -1.54. The molecule has 1 aromatic heterocycles. The normalized spacial score (nSPS) is 15.8. The van der Waals surface area contributed by atoms with Gasteiger partial charge in [-0.25, -0.2) is 29.1 Å². The maximum atomic E-state index is 14.6. The van der Waals surface area contributed by atoms with E-state index in [0.717, 1.165) is 43.1 Å². The summed E-state index contributed by atoms with van der Waals surface area (Å²) in [6.07, 6.45) is 3.67. The minimum Gasteiger partial charge on any atom is -0.383 e. The Hall–Kier alpha value is -4.25. The van der Waals surface area contributed by atoms with Gasteiger partial charge in [-0.2, -0.15) is 0 Å². The summed E-state index contributed by atoms with van der Waals surface area (Å²) in [4.78, 5) is 18.4. The zero-order valence-electron chi connectivity index (χ0n) is 19.0. The first kappa shape index (κ1) is 22.5. The van der Waals surface area contributed by atoms with Crippen molar-refractivity contribution in [2.45, 2.75) is 12.8 Å². The van der Waals surface area contributed by atoms with Crippen molar-refractivity contribution >= 4 is 29.1 Å². The van der Waals surface area contributed by atoms with Gasteiger partial charge in [-0.3, -0.25) is 0 Å². The molecule has 35 heavy (non-hydrogen) atoms. The van der Waals surface area contributed by atoms with Gasteiger partial charge >= 0.3 is 6.03 Å². The summed E-state index contributed by atoms with van der Waals surface area (Å²) in [5.41, 5.74) is 11.6. The number of hydrazine groups is 2. The average molecular weight is 479 g/mol. The average Bonchev–Trinajstić information content (AvgIpc) is 3.52. The van der Waals surface area contributed by atoms with E-state index in [1.54, 1.807) is 24.2 Å². The summed E-state index contributed by atoms with van der Waals surface area (Å²) < 4.78 is 28.5. The highest BCUT2D eigenvalue weighted by Crippen LogP contribution is 2.30. The second-order valence-corrected chi connectivity index (χ2v) is 8.30. The van der Waals surface area contributed by atoms with Gasteiger partial charge in [0.1, 0.15) is 11.5 Å². The van der Waals surface area contributed by atoms with E-state index in [0.29, 0.717) is 11.3 Å². The van der Waals surface area contributed by atoms with Gasteiger partial charge in [0.25, 0.3) is 0 Å². The first-order valence-corrected chi connectivity index (χ1v) is 11.2. The molecule has 2 aliphatic heterocycles. The van der Waals surface area contributed by atoms with Crippen LogP contribution in [0.15, 0.2) is 59.8 Å². The molecule has 2 aromatic carbocycles. The molecule has 0 unspecified atom stereocenters. The predicted molar refractivity (Wildman–Crippen MR) is 130 cm³/mol. The van der Waals surface area contributed by atoms with Crippen LogP contribution in [0.2, 0.25) is 0 Å². The Morgan fingerprint density at radius 1 is 1.09 bits per heavy atom. The van der Waals surface area contributed by atoms with Crippen LogP contribution in [0.5, 0.6) is 0 Å². The lowest BCUT2D eigenvalue weighted by Gasteiger charge is -2.26. The van der Waals surface area contributed by atoms with E-state index in [4.69, 9.17) is 5.73 Å². The zero-order valence-corrected chi connectivity index (χ0v) is 19.0. The third kappa shape index (κ3) is 4.33. The van der Waals surface area contributed by atoms with E-state index in [-0.39, 0.29) is 23.4 Å². The van der Waals surface area contributed by atoms with E-state index >= 15 is 0 Å². The number of pyridine rings is 1. The topological polar surface area (TPSA) is 102 Å².